The van der Waals surface area contributed by atoms with Crippen LogP contribution in [0.25, 0.3) is 0 Å². The zero-order valence-corrected chi connectivity index (χ0v) is 30.8. The highest BCUT2D eigenvalue weighted by molar-refractivity contribution is 7.73. The molecule has 0 saturated heterocycles. The SMILES string of the molecule is CCC(Oc1ccc(O)cc1)(P(=O)(OOC(=O)C(C)(C)C)OOC(=O)C(C)(C)C)P(=O)(OOC(=O)C(C)(C)C)OOC(=O)C(C)(C)C. The van der Waals surface area contributed by atoms with E-state index in [9.17, 15) is 33.4 Å². The molecule has 0 aliphatic heterocycles. The van der Waals surface area contributed by atoms with Crippen LogP contribution in [0.2, 0.25) is 0 Å². The molecule has 0 radical (unpaired) electrons. The smallest absolute Gasteiger partial charge is 0.458 e. The lowest BCUT2D eigenvalue weighted by molar-refractivity contribution is -0.272. The molecular weight excluding hydrogens is 666 g/mol. The molecule has 0 aliphatic carbocycles. The van der Waals surface area contributed by atoms with Gasteiger partial charge in [0.05, 0.1) is 21.7 Å². The van der Waals surface area contributed by atoms with Crippen LogP contribution in [0.5, 0.6) is 11.5 Å². The lowest BCUT2D eigenvalue weighted by Gasteiger charge is -2.38. The summed E-state index contributed by atoms with van der Waals surface area (Å²) in [5, 5.41) is 6.55. The molecule has 0 aliphatic rings. The van der Waals surface area contributed by atoms with Crippen LogP contribution in [0, 0.1) is 21.7 Å². The first kappa shape index (κ1) is 42.0. The van der Waals surface area contributed by atoms with Crippen molar-refractivity contribution in [1.82, 2.24) is 0 Å². The summed E-state index contributed by atoms with van der Waals surface area (Å²) in [6.07, 6.45) is -0.831. The van der Waals surface area contributed by atoms with E-state index < -0.39 is 72.2 Å². The van der Waals surface area contributed by atoms with Gasteiger partial charge in [0.1, 0.15) is 11.5 Å². The normalized spacial score (nSPS) is 13.4. The third-order valence-electron chi connectivity index (χ3n) is 5.73. The lowest BCUT2D eigenvalue weighted by Crippen LogP contribution is -2.40. The number of benzene rings is 1. The average Bonchev–Trinajstić information content (AvgIpc) is 2.93. The molecule has 1 N–H and O–H groups in total. The maximum absolute atomic E-state index is 14.9. The molecule has 0 aromatic heterocycles. The molecule has 1 aromatic carbocycles. The second kappa shape index (κ2) is 15.0. The van der Waals surface area contributed by atoms with Crippen LogP contribution in [0.1, 0.15) is 96.4 Å². The van der Waals surface area contributed by atoms with Crippen LogP contribution >= 0.6 is 15.2 Å². The maximum atomic E-state index is 14.9. The fourth-order valence-corrected chi connectivity index (χ4v) is 6.50. The van der Waals surface area contributed by atoms with Gasteiger partial charge in [-0.1, -0.05) is 25.6 Å². The summed E-state index contributed by atoms with van der Waals surface area (Å²) in [5.74, 6) is -5.11. The van der Waals surface area contributed by atoms with Gasteiger partial charge in [0.2, 0.25) is 0 Å². The first-order valence-electron chi connectivity index (χ1n) is 14.4. The number of phenols is 1. The zero-order chi connectivity index (χ0) is 36.9. The first-order valence-corrected chi connectivity index (χ1v) is 17.4. The molecule has 0 spiro atoms. The Labute approximate surface area is 274 Å². The minimum absolute atomic E-state index is 0.248. The minimum atomic E-state index is -5.77. The molecule has 268 valence electrons. The van der Waals surface area contributed by atoms with Crippen LogP contribution in [0.15, 0.2) is 24.3 Å². The molecule has 0 atom stereocenters. The van der Waals surface area contributed by atoms with Crippen molar-refractivity contribution in [3.05, 3.63) is 24.3 Å². The Kier molecular flexibility index (Phi) is 13.5. The van der Waals surface area contributed by atoms with E-state index >= 15 is 0 Å². The minimum Gasteiger partial charge on any atom is -0.508 e. The van der Waals surface area contributed by atoms with Crippen LogP contribution in [-0.4, -0.2) is 34.1 Å². The fourth-order valence-electron chi connectivity index (χ4n) is 2.51. The van der Waals surface area contributed by atoms with E-state index in [4.69, 9.17) is 43.0 Å². The van der Waals surface area contributed by atoms with E-state index in [1.807, 2.05) is 0 Å². The van der Waals surface area contributed by atoms with Gasteiger partial charge in [-0.2, -0.15) is 0 Å². The predicted molar refractivity (Wildman–Crippen MR) is 163 cm³/mol. The van der Waals surface area contributed by atoms with E-state index in [-0.39, 0.29) is 11.5 Å². The topological polar surface area (TPSA) is 206 Å². The van der Waals surface area contributed by atoms with Gasteiger partial charge in [-0.05, 0) is 107 Å². The standard InChI is InChI=1S/C29H46O16P2/c1-14-29(37-20-17-15-19(30)16-18-20,46(35,42-38-21(31)25(2,3)4)43-39-22(32)26(5,6)7)47(36,44-40-23(33)27(8,9)10)45-41-24(34)28(11,12)13/h15-18,30H,14H2,1-13H3. The Hall–Kier alpha value is -3.00. The quantitative estimate of drug-likeness (QED) is 0.121. The number of hydrogen-bond donors (Lipinski definition) is 1. The highest BCUT2D eigenvalue weighted by Crippen LogP contribution is 2.79. The summed E-state index contributed by atoms with van der Waals surface area (Å²) in [6.45, 7) is 18.2. The summed E-state index contributed by atoms with van der Waals surface area (Å²) in [6, 6.07) is 4.46. The van der Waals surface area contributed by atoms with Crippen molar-refractivity contribution in [1.29, 1.82) is 0 Å². The summed E-state index contributed by atoms with van der Waals surface area (Å²) in [7, 11) is -11.5. The van der Waals surface area contributed by atoms with Crippen molar-refractivity contribution < 1.29 is 76.4 Å². The fraction of sp³-hybridized carbons (Fsp3) is 0.655. The summed E-state index contributed by atoms with van der Waals surface area (Å²) in [4.78, 5) is 70.3. The highest BCUT2D eigenvalue weighted by atomic mass is 31.2. The average molecular weight is 713 g/mol. The number of phenolic OH excluding ortho intramolecular Hbond substituents is 1. The molecule has 0 amide bonds. The summed E-state index contributed by atoms with van der Waals surface area (Å²) in [5.41, 5.74) is -5.11. The van der Waals surface area contributed by atoms with Gasteiger partial charge in [-0.25, -0.2) is 28.3 Å². The first-order chi connectivity index (χ1) is 21.0. The van der Waals surface area contributed by atoms with Gasteiger partial charge in [-0.15, -0.1) is 0 Å². The van der Waals surface area contributed by atoms with Crippen molar-refractivity contribution in [2.45, 2.75) is 102 Å². The molecule has 47 heavy (non-hydrogen) atoms. The van der Waals surface area contributed by atoms with Crippen LogP contribution in [-0.2, 0) is 66.6 Å². The van der Waals surface area contributed by atoms with E-state index in [1.54, 1.807) is 0 Å². The molecule has 0 unspecified atom stereocenters. The molecule has 1 aromatic rings. The highest BCUT2D eigenvalue weighted by Gasteiger charge is 2.73. The monoisotopic (exact) mass is 712 g/mol. The second-order valence-electron chi connectivity index (χ2n) is 14.5. The summed E-state index contributed by atoms with van der Waals surface area (Å²) < 4.78 is 56.0. The van der Waals surface area contributed by atoms with Crippen molar-refractivity contribution >= 4 is 39.1 Å². The molecular formula is C29H46O16P2. The van der Waals surface area contributed by atoms with Gasteiger partial charge >= 0.3 is 44.2 Å². The second-order valence-corrected chi connectivity index (χ2v) is 18.9. The van der Waals surface area contributed by atoms with Crippen LogP contribution in [0.3, 0.4) is 0 Å². The summed E-state index contributed by atoms with van der Waals surface area (Å²) >= 11 is 0. The number of carbonyl (C=O) groups is 4. The van der Waals surface area contributed by atoms with E-state index in [1.165, 1.54) is 90.0 Å². The zero-order valence-electron chi connectivity index (χ0n) is 29.0. The van der Waals surface area contributed by atoms with Gasteiger partial charge in [0.25, 0.3) is 0 Å². The van der Waals surface area contributed by atoms with E-state index in [2.05, 4.69) is 0 Å². The molecule has 0 fully saturated rings. The van der Waals surface area contributed by atoms with E-state index in [0.29, 0.717) is 0 Å². The molecule has 16 nitrogen and oxygen atoms in total. The Balaban J connectivity index is 4.14. The molecule has 18 heteroatoms. The number of aromatic hydroxyl groups is 1. The number of hydrogen-bond acceptors (Lipinski definition) is 16. The maximum Gasteiger partial charge on any atom is 0.458 e. The molecule has 0 bridgehead atoms. The van der Waals surface area contributed by atoms with E-state index in [0.717, 1.165) is 24.3 Å². The van der Waals surface area contributed by atoms with Crippen molar-refractivity contribution in [3.8, 4) is 11.5 Å². The Morgan fingerprint density at radius 1 is 0.553 bits per heavy atom. The van der Waals surface area contributed by atoms with Gasteiger partial charge in [-0.3, -0.25) is 19.6 Å². The number of ether oxygens (including phenoxy) is 1. The van der Waals surface area contributed by atoms with Crippen molar-refractivity contribution in [2.75, 3.05) is 0 Å². The van der Waals surface area contributed by atoms with Crippen molar-refractivity contribution in [2.24, 2.45) is 21.7 Å². The molecule has 0 saturated carbocycles. The van der Waals surface area contributed by atoms with Crippen molar-refractivity contribution in [3.63, 3.8) is 0 Å². The largest absolute Gasteiger partial charge is 0.508 e. The molecule has 1 rings (SSSR count). The predicted octanol–water partition coefficient (Wildman–Crippen LogP) is 7.30. The molecule has 0 heterocycles. The van der Waals surface area contributed by atoms with Crippen LogP contribution in [0.4, 0.5) is 0 Å². The number of carbonyl (C=O) groups excluding carboxylic acids is 4. The third-order valence-corrected chi connectivity index (χ3v) is 10.8. The van der Waals surface area contributed by atoms with Gasteiger partial charge < -0.3 is 9.84 Å². The van der Waals surface area contributed by atoms with Gasteiger partial charge in [0.15, 0.2) is 0 Å². The van der Waals surface area contributed by atoms with Crippen LogP contribution < -0.4 is 4.74 Å². The Bertz CT molecular complexity index is 1230. The third kappa shape index (κ3) is 11.0. The van der Waals surface area contributed by atoms with Gasteiger partial charge in [0, 0.05) is 6.42 Å². The lowest BCUT2D eigenvalue weighted by atomic mass is 9.98. The Morgan fingerprint density at radius 3 is 1.02 bits per heavy atom. The number of rotatable bonds is 13. The Morgan fingerprint density at radius 2 is 0.809 bits per heavy atom.